The van der Waals surface area contributed by atoms with E-state index in [9.17, 15) is 14.0 Å². The molecule has 1 aliphatic rings. The lowest BCUT2D eigenvalue weighted by molar-refractivity contribution is 0.102. The number of carbonyl (C=O) groups is 2. The fourth-order valence-electron chi connectivity index (χ4n) is 3.89. The van der Waals surface area contributed by atoms with Gasteiger partial charge in [0.05, 0.1) is 16.3 Å². The zero-order chi connectivity index (χ0) is 24.3. The lowest BCUT2D eigenvalue weighted by atomic mass is 9.91. The van der Waals surface area contributed by atoms with Gasteiger partial charge in [-0.25, -0.2) is 9.37 Å². The van der Waals surface area contributed by atoms with Crippen molar-refractivity contribution in [1.29, 1.82) is 0 Å². The predicted octanol–water partition coefficient (Wildman–Crippen LogP) is 5.36. The maximum atomic E-state index is 13.9. The van der Waals surface area contributed by atoms with Gasteiger partial charge in [-0.2, -0.15) is 0 Å². The number of hydrogen-bond donors (Lipinski definition) is 2. The third-order valence-corrected chi connectivity index (χ3v) is 6.32. The van der Waals surface area contributed by atoms with Crippen LogP contribution in [0.25, 0.3) is 0 Å². The minimum absolute atomic E-state index is 0.0117. The van der Waals surface area contributed by atoms with Crippen LogP contribution in [-0.2, 0) is 5.41 Å². The van der Waals surface area contributed by atoms with E-state index in [4.69, 9.17) is 11.6 Å². The molecule has 1 saturated carbocycles. The van der Waals surface area contributed by atoms with E-state index >= 15 is 0 Å². The molecular weight excluding hydrogens is 455 g/mol. The zero-order valence-corrected chi connectivity index (χ0v) is 19.8. The van der Waals surface area contributed by atoms with E-state index in [2.05, 4.69) is 34.6 Å². The van der Waals surface area contributed by atoms with Crippen LogP contribution < -0.4 is 10.6 Å². The van der Waals surface area contributed by atoms with E-state index in [1.165, 1.54) is 30.0 Å². The van der Waals surface area contributed by atoms with Gasteiger partial charge in [-0.15, -0.1) is 0 Å². The lowest BCUT2D eigenvalue weighted by Gasteiger charge is -2.19. The van der Waals surface area contributed by atoms with E-state index in [0.29, 0.717) is 10.6 Å². The Bertz CT molecular complexity index is 1190. The Morgan fingerprint density at radius 1 is 1.03 bits per heavy atom. The average molecular weight is 481 g/mol. The molecule has 2 aromatic carbocycles. The molecular formula is C26H26ClFN4O2. The van der Waals surface area contributed by atoms with Crippen LogP contribution in [0.2, 0.25) is 5.02 Å². The Kier molecular flexibility index (Phi) is 6.95. The number of anilines is 2. The van der Waals surface area contributed by atoms with Gasteiger partial charge in [0.25, 0.3) is 11.8 Å². The quantitative estimate of drug-likeness (QED) is 0.455. The standard InChI is InChI=1S/C26H26ClFN4O2/c1-32(2)14-13-26(11-12-26)18-5-3-17(4-6-18)24(33)30-22-9-8-20(28)15-21(22)25(34)31-23-10-7-19(27)16-29-23/h3-10,15-16H,11-14H2,1-2H3,(H,30,33)(H,29,31,34). The highest BCUT2D eigenvalue weighted by Crippen LogP contribution is 2.51. The third-order valence-electron chi connectivity index (χ3n) is 6.09. The highest BCUT2D eigenvalue weighted by molar-refractivity contribution is 6.30. The number of pyridine rings is 1. The second kappa shape index (κ2) is 9.91. The minimum Gasteiger partial charge on any atom is -0.321 e. The molecule has 2 N–H and O–H groups in total. The molecule has 34 heavy (non-hydrogen) atoms. The molecule has 1 heterocycles. The number of nitrogens with zero attached hydrogens (tertiary/aromatic N) is 2. The van der Waals surface area contributed by atoms with Crippen molar-refractivity contribution in [2.45, 2.75) is 24.7 Å². The first kappa shape index (κ1) is 23.9. The summed E-state index contributed by atoms with van der Waals surface area (Å²) in [5.41, 5.74) is 2.09. The molecule has 0 aliphatic heterocycles. The molecule has 8 heteroatoms. The Hall–Kier alpha value is -3.29. The van der Waals surface area contributed by atoms with Crippen LogP contribution >= 0.6 is 11.6 Å². The predicted molar refractivity (Wildman–Crippen MR) is 132 cm³/mol. The molecule has 3 aromatic rings. The topological polar surface area (TPSA) is 74.3 Å². The lowest BCUT2D eigenvalue weighted by Crippen LogP contribution is -2.20. The van der Waals surface area contributed by atoms with E-state index in [1.54, 1.807) is 18.2 Å². The zero-order valence-electron chi connectivity index (χ0n) is 19.1. The molecule has 1 fully saturated rings. The summed E-state index contributed by atoms with van der Waals surface area (Å²) in [7, 11) is 4.14. The van der Waals surface area contributed by atoms with Crippen LogP contribution in [0.4, 0.5) is 15.9 Å². The third kappa shape index (κ3) is 5.61. The van der Waals surface area contributed by atoms with Gasteiger partial charge >= 0.3 is 0 Å². The molecule has 0 unspecified atom stereocenters. The summed E-state index contributed by atoms with van der Waals surface area (Å²) >= 11 is 5.82. The molecule has 1 aromatic heterocycles. The van der Waals surface area contributed by atoms with Crippen LogP contribution in [0.15, 0.2) is 60.8 Å². The molecule has 2 amide bonds. The van der Waals surface area contributed by atoms with Crippen molar-refractivity contribution in [2.75, 3.05) is 31.3 Å². The first-order valence-electron chi connectivity index (χ1n) is 11.0. The number of rotatable bonds is 8. The Balaban J connectivity index is 1.48. The van der Waals surface area contributed by atoms with Gasteiger partial charge in [-0.1, -0.05) is 23.7 Å². The van der Waals surface area contributed by atoms with Crippen molar-refractivity contribution in [3.63, 3.8) is 0 Å². The second-order valence-corrected chi connectivity index (χ2v) is 9.31. The van der Waals surface area contributed by atoms with Crippen LogP contribution in [0.3, 0.4) is 0 Å². The molecule has 4 rings (SSSR count). The number of halogens is 2. The van der Waals surface area contributed by atoms with Crippen molar-refractivity contribution in [3.8, 4) is 0 Å². The van der Waals surface area contributed by atoms with Gasteiger partial charge in [0, 0.05) is 11.8 Å². The van der Waals surface area contributed by atoms with Crippen LogP contribution in [0.5, 0.6) is 0 Å². The number of carbonyl (C=O) groups excluding carboxylic acids is 2. The molecule has 1 aliphatic carbocycles. The first-order valence-corrected chi connectivity index (χ1v) is 11.4. The smallest absolute Gasteiger partial charge is 0.259 e. The normalized spacial score (nSPS) is 14.0. The first-order chi connectivity index (χ1) is 16.3. The van der Waals surface area contributed by atoms with E-state index < -0.39 is 11.7 Å². The van der Waals surface area contributed by atoms with Gasteiger partial charge in [0.2, 0.25) is 0 Å². The summed E-state index contributed by atoms with van der Waals surface area (Å²) in [5.74, 6) is -1.31. The highest BCUT2D eigenvalue weighted by atomic mass is 35.5. The number of amides is 2. The summed E-state index contributed by atoms with van der Waals surface area (Å²) < 4.78 is 13.9. The largest absolute Gasteiger partial charge is 0.321 e. The van der Waals surface area contributed by atoms with E-state index in [-0.39, 0.29) is 28.4 Å². The average Bonchev–Trinajstić information content (AvgIpc) is 3.61. The Morgan fingerprint density at radius 3 is 2.38 bits per heavy atom. The van der Waals surface area contributed by atoms with Crippen molar-refractivity contribution in [3.05, 3.63) is 88.3 Å². The van der Waals surface area contributed by atoms with Gasteiger partial charge in [0.1, 0.15) is 11.6 Å². The van der Waals surface area contributed by atoms with Gasteiger partial charge in [-0.05, 0) is 93.3 Å². The van der Waals surface area contributed by atoms with E-state index in [0.717, 1.165) is 31.9 Å². The second-order valence-electron chi connectivity index (χ2n) is 8.87. The van der Waals surface area contributed by atoms with Crippen LogP contribution in [-0.4, -0.2) is 42.3 Å². The molecule has 0 saturated heterocycles. The van der Waals surface area contributed by atoms with Gasteiger partial charge in [-0.3, -0.25) is 9.59 Å². The van der Waals surface area contributed by atoms with Gasteiger partial charge < -0.3 is 15.5 Å². The van der Waals surface area contributed by atoms with Crippen molar-refractivity contribution in [2.24, 2.45) is 0 Å². The van der Waals surface area contributed by atoms with Crippen LogP contribution in [0.1, 0.15) is 45.5 Å². The minimum atomic E-state index is -0.600. The SMILES string of the molecule is CN(C)CCC1(c2ccc(C(=O)Nc3ccc(F)cc3C(=O)Nc3ccc(Cl)cn3)cc2)CC1. The summed E-state index contributed by atoms with van der Waals surface area (Å²) in [6.45, 7) is 1.02. The Labute approximate surface area is 203 Å². The van der Waals surface area contributed by atoms with Gasteiger partial charge in [0.15, 0.2) is 0 Å². The number of benzene rings is 2. The monoisotopic (exact) mass is 480 g/mol. The summed E-state index contributed by atoms with van der Waals surface area (Å²) in [5, 5.41) is 5.74. The van der Waals surface area contributed by atoms with E-state index in [1.807, 2.05) is 12.1 Å². The van der Waals surface area contributed by atoms with Crippen LogP contribution in [0, 0.1) is 5.82 Å². The summed E-state index contributed by atoms with van der Waals surface area (Å²) in [6, 6.07) is 14.3. The molecule has 0 atom stereocenters. The summed E-state index contributed by atoms with van der Waals surface area (Å²) in [4.78, 5) is 31.8. The summed E-state index contributed by atoms with van der Waals surface area (Å²) in [6.07, 6.45) is 4.79. The highest BCUT2D eigenvalue weighted by Gasteiger charge is 2.43. The number of aromatic nitrogens is 1. The molecule has 0 radical (unpaired) electrons. The van der Waals surface area contributed by atoms with Crippen molar-refractivity contribution < 1.29 is 14.0 Å². The molecule has 176 valence electrons. The van der Waals surface area contributed by atoms with Crippen molar-refractivity contribution in [1.82, 2.24) is 9.88 Å². The van der Waals surface area contributed by atoms with Crippen molar-refractivity contribution >= 4 is 34.9 Å². The fraction of sp³-hybridized carbons (Fsp3) is 0.269. The fourth-order valence-corrected chi connectivity index (χ4v) is 4.00. The number of nitrogens with one attached hydrogen (secondary N) is 2. The molecule has 0 bridgehead atoms. The molecule has 0 spiro atoms. The maximum Gasteiger partial charge on any atom is 0.259 e. The number of hydrogen-bond acceptors (Lipinski definition) is 4. The molecule has 6 nitrogen and oxygen atoms in total. The Morgan fingerprint density at radius 2 is 1.76 bits per heavy atom. The maximum absolute atomic E-state index is 13.9.